The Morgan fingerprint density at radius 2 is 0.725 bits per heavy atom. The van der Waals surface area contributed by atoms with Crippen LogP contribution >= 0.6 is 0 Å². The van der Waals surface area contributed by atoms with Gasteiger partial charge in [0.25, 0.3) is 0 Å². The third-order valence-electron chi connectivity index (χ3n) is 7.01. The molecule has 19 heteroatoms. The van der Waals surface area contributed by atoms with Crippen molar-refractivity contribution in [2.24, 2.45) is 11.8 Å². The average Bonchev–Trinajstić information content (AvgIpc) is 2.99. The topological polar surface area (TPSA) is 238 Å². The molecule has 0 radical (unpaired) electrons. The minimum atomic E-state index is -1.85. The zero-order valence-electron chi connectivity index (χ0n) is 30.1. The lowest BCUT2D eigenvalue weighted by Crippen LogP contribution is -2.67. The summed E-state index contributed by atoms with van der Waals surface area (Å²) in [5.74, 6) is -8.21. The van der Waals surface area contributed by atoms with Crippen molar-refractivity contribution >= 4 is 47.8 Å². The smallest absolute Gasteiger partial charge is 0.308 e. The van der Waals surface area contributed by atoms with E-state index in [1.807, 2.05) is 0 Å². The van der Waals surface area contributed by atoms with Gasteiger partial charge < -0.3 is 52.1 Å². The van der Waals surface area contributed by atoms with Gasteiger partial charge in [0.15, 0.2) is 36.6 Å². The first-order valence-electron chi connectivity index (χ1n) is 16.0. The van der Waals surface area contributed by atoms with Crippen molar-refractivity contribution in [1.29, 1.82) is 0 Å². The maximum atomic E-state index is 13.0. The molecule has 0 aliphatic carbocycles. The van der Waals surface area contributed by atoms with Crippen molar-refractivity contribution < 1.29 is 90.5 Å². The van der Waals surface area contributed by atoms with Crippen LogP contribution < -0.4 is 0 Å². The van der Waals surface area contributed by atoms with Crippen molar-refractivity contribution in [3.8, 4) is 0 Å². The quantitative estimate of drug-likeness (QED) is 0.174. The molecule has 51 heavy (non-hydrogen) atoms. The number of carbonyl (C=O) groups is 8. The summed E-state index contributed by atoms with van der Waals surface area (Å²) < 4.78 is 61.6. The minimum Gasteiger partial charge on any atom is -0.463 e. The maximum absolute atomic E-state index is 13.0. The van der Waals surface area contributed by atoms with E-state index in [0.717, 1.165) is 41.5 Å². The minimum absolute atomic E-state index is 0.590. The molecule has 0 unspecified atom stereocenters. The molecule has 0 bridgehead atoms. The lowest BCUT2D eigenvalue weighted by atomic mass is 9.96. The number of ether oxygens (including phenoxy) is 11. The van der Waals surface area contributed by atoms with Gasteiger partial charge in [0, 0.05) is 41.5 Å². The Morgan fingerprint density at radius 1 is 0.431 bits per heavy atom. The number of rotatable bonds is 14. The van der Waals surface area contributed by atoms with Crippen LogP contribution in [0.25, 0.3) is 0 Å². The second-order valence-electron chi connectivity index (χ2n) is 12.2. The van der Waals surface area contributed by atoms with Gasteiger partial charge in [0.05, 0.1) is 11.8 Å². The predicted molar refractivity (Wildman–Crippen MR) is 163 cm³/mol. The van der Waals surface area contributed by atoms with Gasteiger partial charge >= 0.3 is 47.8 Å². The first kappa shape index (κ1) is 42.8. The lowest BCUT2D eigenvalue weighted by molar-refractivity contribution is -0.377. The van der Waals surface area contributed by atoms with Crippen LogP contribution in [0.4, 0.5) is 0 Å². The molecule has 2 fully saturated rings. The fourth-order valence-electron chi connectivity index (χ4n) is 4.89. The third-order valence-corrected chi connectivity index (χ3v) is 7.01. The van der Waals surface area contributed by atoms with Crippen LogP contribution in [0, 0.1) is 11.8 Å². The van der Waals surface area contributed by atoms with E-state index in [1.165, 1.54) is 27.7 Å². The summed E-state index contributed by atoms with van der Waals surface area (Å²) >= 11 is 0. The monoisotopic (exact) mass is 734 g/mol. The van der Waals surface area contributed by atoms with Crippen LogP contribution in [0.15, 0.2) is 0 Å². The molecule has 0 N–H and O–H groups in total. The first-order valence-corrected chi connectivity index (χ1v) is 16.0. The van der Waals surface area contributed by atoms with E-state index in [0.29, 0.717) is 0 Å². The SMILES string of the molecule is CC(=O)OC[C@H]1O[C@H](O[C@H]2O[C@H](COC(C)=O)[C@@H](OC(=O)C(C)C)[C@H](OC(=O)C(C)C)[C@H]2OC(C)=O)[C@H](OC(C)=O)[C@@H](OC(C)=O)[C@@H]1OC(C)=O. The summed E-state index contributed by atoms with van der Waals surface area (Å²) in [6, 6.07) is 0. The highest BCUT2D eigenvalue weighted by Crippen LogP contribution is 2.35. The van der Waals surface area contributed by atoms with Crippen LogP contribution in [0.3, 0.4) is 0 Å². The van der Waals surface area contributed by atoms with E-state index in [9.17, 15) is 38.4 Å². The summed E-state index contributed by atoms with van der Waals surface area (Å²) in [5.41, 5.74) is 0. The zero-order chi connectivity index (χ0) is 38.7. The van der Waals surface area contributed by atoms with Crippen LogP contribution in [0.5, 0.6) is 0 Å². The molecular weight excluding hydrogens is 688 g/mol. The predicted octanol–water partition coefficient (Wildman–Crippen LogP) is 0.441. The molecule has 0 spiro atoms. The second kappa shape index (κ2) is 19.3. The molecule has 19 nitrogen and oxygen atoms in total. The van der Waals surface area contributed by atoms with Crippen molar-refractivity contribution in [1.82, 2.24) is 0 Å². The number of esters is 8. The first-order chi connectivity index (χ1) is 23.7. The van der Waals surface area contributed by atoms with Gasteiger partial charge in [-0.3, -0.25) is 38.4 Å². The Kier molecular flexibility index (Phi) is 16.2. The van der Waals surface area contributed by atoms with Gasteiger partial charge in [-0.1, -0.05) is 27.7 Å². The summed E-state index contributed by atoms with van der Waals surface area (Å²) in [6.07, 6.45) is -16.4. The summed E-state index contributed by atoms with van der Waals surface area (Å²) in [5, 5.41) is 0. The van der Waals surface area contributed by atoms with E-state index in [4.69, 9.17) is 52.1 Å². The molecule has 288 valence electrons. The molecular formula is C32H46O19. The van der Waals surface area contributed by atoms with Crippen molar-refractivity contribution in [2.75, 3.05) is 13.2 Å². The van der Waals surface area contributed by atoms with E-state index in [2.05, 4.69) is 0 Å². The van der Waals surface area contributed by atoms with Gasteiger partial charge in [-0.2, -0.15) is 0 Å². The normalized spacial score (nSPS) is 28.9. The summed E-state index contributed by atoms with van der Waals surface area (Å²) in [6.45, 7) is 11.2. The molecule has 0 amide bonds. The Labute approximate surface area is 294 Å². The number of hydrogen-bond acceptors (Lipinski definition) is 19. The van der Waals surface area contributed by atoms with E-state index in [-0.39, 0.29) is 0 Å². The Bertz CT molecular complexity index is 1290. The fourth-order valence-corrected chi connectivity index (χ4v) is 4.89. The van der Waals surface area contributed by atoms with Crippen LogP contribution in [0.1, 0.15) is 69.2 Å². The van der Waals surface area contributed by atoms with Gasteiger partial charge in [-0.25, -0.2) is 0 Å². The molecule has 2 heterocycles. The number of hydrogen-bond donors (Lipinski definition) is 0. The molecule has 10 atom stereocenters. The molecule has 2 aliphatic rings. The Hall–Kier alpha value is -4.36. The molecule has 2 rings (SSSR count). The largest absolute Gasteiger partial charge is 0.463 e. The fraction of sp³-hybridized carbons (Fsp3) is 0.750. The Balaban J connectivity index is 2.76. The average molecular weight is 735 g/mol. The maximum Gasteiger partial charge on any atom is 0.308 e. The summed E-state index contributed by atoms with van der Waals surface area (Å²) in [7, 11) is 0. The van der Waals surface area contributed by atoms with Gasteiger partial charge in [-0.05, 0) is 0 Å². The standard InChI is InChI=1S/C32H46O19/c1-13(2)29(39)49-24-22(12-42-16(6)34)48-32(28(46-20(10)38)26(24)50-30(40)14(3)4)51-31-27(45-19(9)37)25(44-18(8)36)23(43-17(7)35)21(47-31)11-41-15(5)33/h13-14,21-28,31-32H,11-12H2,1-10H3/t21-,22-,23-,24-,25+,26+,27-,28-,31-,32-/m1/s1. The molecule has 0 aromatic heterocycles. The highest BCUT2D eigenvalue weighted by molar-refractivity contribution is 5.73. The molecule has 0 saturated carbocycles. The van der Waals surface area contributed by atoms with Gasteiger partial charge in [-0.15, -0.1) is 0 Å². The van der Waals surface area contributed by atoms with Crippen LogP contribution in [-0.2, 0) is 90.5 Å². The van der Waals surface area contributed by atoms with Gasteiger partial charge in [0.2, 0.25) is 12.6 Å². The molecule has 0 aromatic rings. The van der Waals surface area contributed by atoms with Crippen molar-refractivity contribution in [3.05, 3.63) is 0 Å². The zero-order valence-corrected chi connectivity index (χ0v) is 30.1. The number of carbonyl (C=O) groups excluding carboxylic acids is 8. The van der Waals surface area contributed by atoms with Crippen LogP contribution in [-0.4, -0.2) is 122 Å². The second-order valence-corrected chi connectivity index (χ2v) is 12.2. The van der Waals surface area contributed by atoms with Crippen molar-refractivity contribution in [3.63, 3.8) is 0 Å². The highest BCUT2D eigenvalue weighted by Gasteiger charge is 2.58. The van der Waals surface area contributed by atoms with Crippen molar-refractivity contribution in [2.45, 2.75) is 131 Å². The van der Waals surface area contributed by atoms with Crippen LogP contribution in [0.2, 0.25) is 0 Å². The third kappa shape index (κ3) is 13.0. The van der Waals surface area contributed by atoms with E-state index < -0.39 is 134 Å². The molecule has 2 saturated heterocycles. The Morgan fingerprint density at radius 3 is 1.06 bits per heavy atom. The van der Waals surface area contributed by atoms with Gasteiger partial charge in [0.1, 0.15) is 25.4 Å². The highest BCUT2D eigenvalue weighted by atomic mass is 16.8. The summed E-state index contributed by atoms with van der Waals surface area (Å²) in [4.78, 5) is 98.7. The lowest BCUT2D eigenvalue weighted by Gasteiger charge is -2.48. The molecule has 0 aromatic carbocycles. The van der Waals surface area contributed by atoms with E-state index in [1.54, 1.807) is 0 Å². The molecule has 2 aliphatic heterocycles. The van der Waals surface area contributed by atoms with E-state index >= 15 is 0 Å².